The Balaban J connectivity index is 2.07. The number of benzene rings is 2. The number of carboxylic acids is 1. The SMILES string of the molecule is CCN1C(=O)c2cccc3c(S(=O)(=O)N[C@@H](CCC(N)=O)C(=O)[O-])ccc1c23. The minimum atomic E-state index is -4.28. The van der Waals surface area contributed by atoms with E-state index in [1.807, 2.05) is 6.92 Å². The Bertz CT molecular complexity index is 1100. The van der Waals surface area contributed by atoms with Crippen molar-refractivity contribution in [2.75, 3.05) is 11.4 Å². The second-order valence-electron chi connectivity index (χ2n) is 6.36. The van der Waals surface area contributed by atoms with E-state index in [0.29, 0.717) is 28.6 Å². The van der Waals surface area contributed by atoms with Gasteiger partial charge in [0.05, 0.1) is 22.6 Å². The maximum Gasteiger partial charge on any atom is 0.258 e. The van der Waals surface area contributed by atoms with Gasteiger partial charge in [0.15, 0.2) is 0 Å². The number of nitrogens with zero attached hydrogens (tertiary/aromatic N) is 1. The lowest BCUT2D eigenvalue weighted by Gasteiger charge is -2.20. The summed E-state index contributed by atoms with van der Waals surface area (Å²) in [7, 11) is -4.28. The number of amides is 2. The summed E-state index contributed by atoms with van der Waals surface area (Å²) in [5.41, 5.74) is 5.99. The predicted molar refractivity (Wildman–Crippen MR) is 98.8 cm³/mol. The molecule has 0 aliphatic carbocycles. The number of nitrogens with two attached hydrogens (primary N) is 1. The van der Waals surface area contributed by atoms with Crippen LogP contribution in [0.15, 0.2) is 35.2 Å². The number of sulfonamides is 1. The highest BCUT2D eigenvalue weighted by Crippen LogP contribution is 2.39. The minimum absolute atomic E-state index is 0.163. The van der Waals surface area contributed by atoms with Crippen LogP contribution < -0.4 is 20.5 Å². The van der Waals surface area contributed by atoms with Crippen LogP contribution >= 0.6 is 0 Å². The molecule has 10 heteroatoms. The summed E-state index contributed by atoms with van der Waals surface area (Å²) in [4.78, 5) is 36.1. The van der Waals surface area contributed by atoms with Gasteiger partial charge in [-0.2, -0.15) is 0 Å². The van der Waals surface area contributed by atoms with Gasteiger partial charge < -0.3 is 20.5 Å². The Labute approximate surface area is 161 Å². The van der Waals surface area contributed by atoms with Gasteiger partial charge in [0.2, 0.25) is 15.9 Å². The summed E-state index contributed by atoms with van der Waals surface area (Å²) in [5, 5.41) is 12.1. The first-order valence-electron chi connectivity index (χ1n) is 8.56. The monoisotopic (exact) mass is 404 g/mol. The van der Waals surface area contributed by atoms with Crippen LogP contribution in [0.4, 0.5) is 5.69 Å². The van der Waals surface area contributed by atoms with Gasteiger partial charge in [-0.3, -0.25) is 9.59 Å². The van der Waals surface area contributed by atoms with Crippen molar-refractivity contribution >= 4 is 44.3 Å². The average molecular weight is 404 g/mol. The van der Waals surface area contributed by atoms with Gasteiger partial charge in [0.1, 0.15) is 0 Å². The van der Waals surface area contributed by atoms with Gasteiger partial charge in [-0.05, 0) is 31.5 Å². The number of carbonyl (C=O) groups excluding carboxylic acids is 3. The summed E-state index contributed by atoms with van der Waals surface area (Å²) < 4.78 is 27.8. The van der Waals surface area contributed by atoms with Gasteiger partial charge >= 0.3 is 0 Å². The van der Waals surface area contributed by atoms with Crippen LogP contribution in [0, 0.1) is 0 Å². The first-order chi connectivity index (χ1) is 13.2. The molecular weight excluding hydrogens is 386 g/mol. The standard InChI is InChI=1S/C18H19N3O6S/c1-2-21-13-7-8-14(10-4-3-5-11(16(10)13)17(21)23)28(26,27)20-12(18(24)25)6-9-15(19)22/h3-5,7-8,12,20H,2,6,9H2,1H3,(H2,19,22)(H,24,25)/p-1/t12-/m0/s1. The van der Waals surface area contributed by atoms with Crippen LogP contribution in [0.5, 0.6) is 0 Å². The molecule has 0 bridgehead atoms. The number of carbonyl (C=O) groups is 3. The van der Waals surface area contributed by atoms with Crippen molar-refractivity contribution in [2.24, 2.45) is 5.73 Å². The normalized spacial score (nSPS) is 14.5. The van der Waals surface area contributed by atoms with E-state index < -0.39 is 27.9 Å². The molecule has 0 aromatic heterocycles. The highest BCUT2D eigenvalue weighted by Gasteiger charge is 2.32. The van der Waals surface area contributed by atoms with Gasteiger partial charge in [-0.15, -0.1) is 0 Å². The number of rotatable bonds is 8. The zero-order chi connectivity index (χ0) is 20.6. The molecule has 3 rings (SSSR count). The zero-order valence-corrected chi connectivity index (χ0v) is 15.8. The Kier molecular flexibility index (Phi) is 5.09. The third-order valence-corrected chi connectivity index (χ3v) is 6.14. The molecule has 1 atom stereocenters. The van der Waals surface area contributed by atoms with Crippen LogP contribution in [0.1, 0.15) is 30.1 Å². The molecule has 3 N–H and O–H groups in total. The minimum Gasteiger partial charge on any atom is -0.548 e. The van der Waals surface area contributed by atoms with Crippen molar-refractivity contribution in [3.8, 4) is 0 Å². The van der Waals surface area contributed by atoms with Crippen molar-refractivity contribution in [3.63, 3.8) is 0 Å². The maximum atomic E-state index is 12.9. The molecule has 0 radical (unpaired) electrons. The number of hydrogen-bond donors (Lipinski definition) is 2. The molecule has 0 unspecified atom stereocenters. The van der Waals surface area contributed by atoms with E-state index in [1.165, 1.54) is 12.1 Å². The van der Waals surface area contributed by atoms with E-state index in [0.717, 1.165) is 0 Å². The molecule has 2 aromatic carbocycles. The lowest BCUT2D eigenvalue weighted by Crippen LogP contribution is -2.48. The quantitative estimate of drug-likeness (QED) is 0.604. The van der Waals surface area contributed by atoms with Crippen LogP contribution in [-0.4, -0.2) is 38.8 Å². The summed E-state index contributed by atoms with van der Waals surface area (Å²) >= 11 is 0. The van der Waals surface area contributed by atoms with Crippen LogP contribution in [0.25, 0.3) is 10.8 Å². The molecular formula is C18H18N3O6S-. The molecule has 9 nitrogen and oxygen atoms in total. The molecule has 1 heterocycles. The van der Waals surface area contributed by atoms with Gasteiger partial charge in [-0.25, -0.2) is 13.1 Å². The molecule has 0 spiro atoms. The van der Waals surface area contributed by atoms with Crippen LogP contribution in [0.3, 0.4) is 0 Å². The van der Waals surface area contributed by atoms with Crippen LogP contribution in [0.2, 0.25) is 0 Å². The first kappa shape index (κ1) is 19.8. The van der Waals surface area contributed by atoms with Crippen molar-refractivity contribution < 1.29 is 27.9 Å². The highest BCUT2D eigenvalue weighted by atomic mass is 32.2. The fourth-order valence-corrected chi connectivity index (χ4v) is 4.75. The van der Waals surface area contributed by atoms with E-state index in [-0.39, 0.29) is 23.6 Å². The molecule has 28 heavy (non-hydrogen) atoms. The predicted octanol–water partition coefficient (Wildman–Crippen LogP) is -0.518. The fraction of sp³-hybridized carbons (Fsp3) is 0.278. The molecule has 0 fully saturated rings. The molecule has 0 saturated heterocycles. The Morgan fingerprint density at radius 2 is 1.96 bits per heavy atom. The number of hydrogen-bond acceptors (Lipinski definition) is 6. The van der Waals surface area contributed by atoms with E-state index >= 15 is 0 Å². The summed E-state index contributed by atoms with van der Waals surface area (Å²) in [5.74, 6) is -2.64. The highest BCUT2D eigenvalue weighted by molar-refractivity contribution is 7.89. The summed E-state index contributed by atoms with van der Waals surface area (Å²) in [6.45, 7) is 2.23. The van der Waals surface area contributed by atoms with E-state index in [4.69, 9.17) is 5.73 Å². The lowest BCUT2D eigenvalue weighted by molar-refractivity contribution is -0.308. The summed E-state index contributed by atoms with van der Waals surface area (Å²) in [6.07, 6.45) is -0.648. The number of anilines is 1. The van der Waals surface area contributed by atoms with Crippen molar-refractivity contribution in [1.29, 1.82) is 0 Å². The topological polar surface area (TPSA) is 150 Å². The Morgan fingerprint density at radius 1 is 1.25 bits per heavy atom. The maximum absolute atomic E-state index is 12.9. The molecule has 2 aromatic rings. The molecule has 148 valence electrons. The van der Waals surface area contributed by atoms with Gasteiger partial charge in [0, 0.05) is 29.3 Å². The van der Waals surface area contributed by atoms with Crippen molar-refractivity contribution in [3.05, 3.63) is 35.9 Å². The third-order valence-electron chi connectivity index (χ3n) is 4.61. The van der Waals surface area contributed by atoms with Gasteiger partial charge in [0.25, 0.3) is 5.91 Å². The zero-order valence-electron chi connectivity index (χ0n) is 15.0. The van der Waals surface area contributed by atoms with E-state index in [9.17, 15) is 27.9 Å². The average Bonchev–Trinajstić information content (AvgIpc) is 2.91. The number of aliphatic carboxylic acids is 1. The Hall–Kier alpha value is -2.98. The summed E-state index contributed by atoms with van der Waals surface area (Å²) in [6, 6.07) is 5.97. The smallest absolute Gasteiger partial charge is 0.258 e. The fourth-order valence-electron chi connectivity index (χ4n) is 3.33. The van der Waals surface area contributed by atoms with Crippen LogP contribution in [-0.2, 0) is 19.6 Å². The number of nitrogens with one attached hydrogen (secondary N) is 1. The first-order valence-corrected chi connectivity index (χ1v) is 10.0. The second kappa shape index (κ2) is 7.21. The number of carboxylic acid groups (broad SMARTS) is 1. The third kappa shape index (κ3) is 3.32. The Morgan fingerprint density at radius 3 is 2.57 bits per heavy atom. The second-order valence-corrected chi connectivity index (χ2v) is 8.04. The molecule has 0 saturated carbocycles. The van der Waals surface area contributed by atoms with Crippen molar-refractivity contribution in [2.45, 2.75) is 30.7 Å². The molecule has 1 aliphatic heterocycles. The van der Waals surface area contributed by atoms with Gasteiger partial charge in [-0.1, -0.05) is 12.1 Å². The lowest BCUT2D eigenvalue weighted by atomic mass is 10.1. The molecule has 1 aliphatic rings. The largest absolute Gasteiger partial charge is 0.548 e. The van der Waals surface area contributed by atoms with E-state index in [2.05, 4.69) is 4.72 Å². The number of primary amides is 1. The molecule has 2 amide bonds. The van der Waals surface area contributed by atoms with E-state index in [1.54, 1.807) is 23.1 Å². The van der Waals surface area contributed by atoms with Crippen molar-refractivity contribution in [1.82, 2.24) is 4.72 Å².